The highest BCUT2D eigenvalue weighted by atomic mass is 19.1. The highest BCUT2D eigenvalue weighted by molar-refractivity contribution is 6.01. The summed E-state index contributed by atoms with van der Waals surface area (Å²) in [6, 6.07) is 6.19. The van der Waals surface area contributed by atoms with Gasteiger partial charge in [0, 0.05) is 12.1 Å². The van der Waals surface area contributed by atoms with Crippen LogP contribution in [0.3, 0.4) is 0 Å². The molecule has 1 unspecified atom stereocenters. The lowest BCUT2D eigenvalue weighted by atomic mass is 10.0. The molecule has 0 aromatic heterocycles. The molecule has 0 bridgehead atoms. The monoisotopic (exact) mass is 267 g/mol. The second-order valence-electron chi connectivity index (χ2n) is 4.18. The normalized spacial score (nSPS) is 13.1. The van der Waals surface area contributed by atoms with Gasteiger partial charge in [0.05, 0.1) is 5.92 Å². The molecule has 0 radical (unpaired) electrons. The summed E-state index contributed by atoms with van der Waals surface area (Å²) in [7, 11) is 0. The standard InChI is InChI=1S/C13H18FN3O2/c1-2-5-10(12(15)17-19)13(18)16-8-9-6-3-4-7-11(9)14/h3-4,6-7,10,19H,2,5,8H2,1H3,(H2,15,17)(H,16,18). The van der Waals surface area contributed by atoms with Crippen LogP contribution in [0.4, 0.5) is 4.39 Å². The first-order valence-electron chi connectivity index (χ1n) is 6.08. The number of hydrogen-bond acceptors (Lipinski definition) is 3. The number of rotatable bonds is 6. The lowest BCUT2D eigenvalue weighted by molar-refractivity contribution is -0.123. The van der Waals surface area contributed by atoms with Gasteiger partial charge >= 0.3 is 0 Å². The minimum atomic E-state index is -0.693. The van der Waals surface area contributed by atoms with Crippen LogP contribution in [0.2, 0.25) is 0 Å². The van der Waals surface area contributed by atoms with Gasteiger partial charge in [-0.2, -0.15) is 0 Å². The van der Waals surface area contributed by atoms with Crippen LogP contribution < -0.4 is 11.1 Å². The Morgan fingerprint density at radius 2 is 2.21 bits per heavy atom. The van der Waals surface area contributed by atoms with Crippen molar-refractivity contribution in [2.75, 3.05) is 0 Å². The van der Waals surface area contributed by atoms with E-state index in [-0.39, 0.29) is 24.1 Å². The summed E-state index contributed by atoms with van der Waals surface area (Å²) in [6.45, 7) is 1.96. The number of carbonyl (C=O) groups excluding carboxylic acids is 1. The predicted molar refractivity (Wildman–Crippen MR) is 70.1 cm³/mol. The summed E-state index contributed by atoms with van der Waals surface area (Å²) >= 11 is 0. The molecule has 104 valence electrons. The molecule has 0 fully saturated rings. The zero-order valence-electron chi connectivity index (χ0n) is 10.8. The van der Waals surface area contributed by atoms with Crippen LogP contribution >= 0.6 is 0 Å². The van der Waals surface area contributed by atoms with Gasteiger partial charge in [-0.25, -0.2) is 4.39 Å². The number of hydrogen-bond donors (Lipinski definition) is 3. The number of oxime groups is 1. The average Bonchev–Trinajstić information content (AvgIpc) is 2.42. The fourth-order valence-electron chi connectivity index (χ4n) is 1.72. The molecule has 0 spiro atoms. The van der Waals surface area contributed by atoms with E-state index in [0.717, 1.165) is 0 Å². The number of nitrogens with two attached hydrogens (primary N) is 1. The lowest BCUT2D eigenvalue weighted by Gasteiger charge is -2.14. The van der Waals surface area contributed by atoms with E-state index in [1.54, 1.807) is 18.2 Å². The lowest BCUT2D eigenvalue weighted by Crippen LogP contribution is -2.38. The third-order valence-corrected chi connectivity index (χ3v) is 2.78. The van der Waals surface area contributed by atoms with Gasteiger partial charge in [-0.3, -0.25) is 4.79 Å². The summed E-state index contributed by atoms with van der Waals surface area (Å²) in [5, 5.41) is 14.1. The molecular weight excluding hydrogens is 249 g/mol. The highest BCUT2D eigenvalue weighted by Gasteiger charge is 2.22. The van der Waals surface area contributed by atoms with Gasteiger partial charge in [0.2, 0.25) is 5.91 Å². The molecule has 0 aliphatic carbocycles. The first-order chi connectivity index (χ1) is 9.10. The molecule has 1 amide bonds. The van der Waals surface area contributed by atoms with Crippen LogP contribution in [0.5, 0.6) is 0 Å². The maximum Gasteiger partial charge on any atom is 0.231 e. The van der Waals surface area contributed by atoms with Gasteiger partial charge in [-0.15, -0.1) is 0 Å². The Morgan fingerprint density at radius 3 is 2.79 bits per heavy atom. The van der Waals surface area contributed by atoms with Gasteiger partial charge < -0.3 is 16.3 Å². The van der Waals surface area contributed by atoms with Crippen molar-refractivity contribution in [3.63, 3.8) is 0 Å². The highest BCUT2D eigenvalue weighted by Crippen LogP contribution is 2.09. The van der Waals surface area contributed by atoms with Gasteiger partial charge in [0.1, 0.15) is 5.82 Å². The number of amidine groups is 1. The Balaban J connectivity index is 2.65. The van der Waals surface area contributed by atoms with Gasteiger partial charge in [0.15, 0.2) is 5.84 Å². The van der Waals surface area contributed by atoms with Crippen molar-refractivity contribution in [1.29, 1.82) is 0 Å². The van der Waals surface area contributed by atoms with Crippen LogP contribution in [-0.2, 0) is 11.3 Å². The molecule has 0 aliphatic rings. The Kier molecular flexibility index (Phi) is 5.78. The minimum Gasteiger partial charge on any atom is -0.409 e. The predicted octanol–water partition coefficient (Wildman–Crippen LogP) is 1.60. The molecule has 1 aromatic carbocycles. The van der Waals surface area contributed by atoms with E-state index >= 15 is 0 Å². The van der Waals surface area contributed by atoms with E-state index in [0.29, 0.717) is 18.4 Å². The van der Waals surface area contributed by atoms with Crippen molar-refractivity contribution < 1.29 is 14.4 Å². The number of nitrogens with one attached hydrogen (secondary N) is 1. The third kappa shape index (κ3) is 4.24. The molecule has 4 N–H and O–H groups in total. The number of halogens is 1. The molecule has 19 heavy (non-hydrogen) atoms. The van der Waals surface area contributed by atoms with Crippen molar-refractivity contribution in [2.45, 2.75) is 26.3 Å². The fourth-order valence-corrected chi connectivity index (χ4v) is 1.72. The minimum absolute atomic E-state index is 0.0738. The maximum absolute atomic E-state index is 13.4. The fraction of sp³-hybridized carbons (Fsp3) is 0.385. The molecule has 0 heterocycles. The van der Waals surface area contributed by atoms with Crippen LogP contribution in [-0.4, -0.2) is 17.0 Å². The second kappa shape index (κ2) is 7.35. The van der Waals surface area contributed by atoms with E-state index in [2.05, 4.69) is 10.5 Å². The SMILES string of the molecule is CCCC(C(=O)NCc1ccccc1F)C(N)=NO. The number of amides is 1. The van der Waals surface area contributed by atoms with Crippen molar-refractivity contribution in [2.24, 2.45) is 16.8 Å². The molecule has 1 rings (SSSR count). The Bertz CT molecular complexity index is 463. The summed E-state index contributed by atoms with van der Waals surface area (Å²) in [4.78, 5) is 11.9. The first-order valence-corrected chi connectivity index (χ1v) is 6.08. The van der Waals surface area contributed by atoms with E-state index in [4.69, 9.17) is 10.9 Å². The molecule has 5 nitrogen and oxygen atoms in total. The molecule has 1 aromatic rings. The summed E-state index contributed by atoms with van der Waals surface area (Å²) in [6.07, 6.45) is 1.19. The van der Waals surface area contributed by atoms with Crippen LogP contribution in [0.15, 0.2) is 29.4 Å². The average molecular weight is 267 g/mol. The largest absolute Gasteiger partial charge is 0.409 e. The maximum atomic E-state index is 13.4. The number of carbonyl (C=O) groups is 1. The number of nitrogens with zero attached hydrogens (tertiary/aromatic N) is 1. The molecule has 6 heteroatoms. The molecule has 0 saturated heterocycles. The van der Waals surface area contributed by atoms with Crippen molar-refractivity contribution >= 4 is 11.7 Å². The van der Waals surface area contributed by atoms with Gasteiger partial charge in [0.25, 0.3) is 0 Å². The van der Waals surface area contributed by atoms with Crippen LogP contribution in [0, 0.1) is 11.7 Å². The first kappa shape index (κ1) is 14.9. The number of benzene rings is 1. The van der Waals surface area contributed by atoms with Gasteiger partial charge in [-0.1, -0.05) is 36.7 Å². The summed E-state index contributed by atoms with van der Waals surface area (Å²) < 4.78 is 13.4. The molecular formula is C13H18FN3O2. The van der Waals surface area contributed by atoms with Crippen LogP contribution in [0.1, 0.15) is 25.3 Å². The van der Waals surface area contributed by atoms with Crippen LogP contribution in [0.25, 0.3) is 0 Å². The second-order valence-corrected chi connectivity index (χ2v) is 4.18. The smallest absolute Gasteiger partial charge is 0.231 e. The van der Waals surface area contributed by atoms with E-state index < -0.39 is 5.92 Å². The summed E-state index contributed by atoms with van der Waals surface area (Å²) in [5.41, 5.74) is 5.86. The van der Waals surface area contributed by atoms with Crippen molar-refractivity contribution in [3.8, 4) is 0 Å². The molecule has 1 atom stereocenters. The van der Waals surface area contributed by atoms with E-state index in [1.165, 1.54) is 6.07 Å². The molecule has 0 saturated carbocycles. The quantitative estimate of drug-likeness (QED) is 0.316. The van der Waals surface area contributed by atoms with E-state index in [1.807, 2.05) is 6.92 Å². The third-order valence-electron chi connectivity index (χ3n) is 2.78. The molecule has 0 aliphatic heterocycles. The zero-order valence-corrected chi connectivity index (χ0v) is 10.8. The van der Waals surface area contributed by atoms with Crippen molar-refractivity contribution in [3.05, 3.63) is 35.6 Å². The van der Waals surface area contributed by atoms with Gasteiger partial charge in [-0.05, 0) is 12.5 Å². The Labute approximate surface area is 111 Å². The van der Waals surface area contributed by atoms with Crippen molar-refractivity contribution in [1.82, 2.24) is 5.32 Å². The Hall–Kier alpha value is -2.11. The Morgan fingerprint density at radius 1 is 1.53 bits per heavy atom. The zero-order chi connectivity index (χ0) is 14.3. The topological polar surface area (TPSA) is 87.7 Å². The van der Waals surface area contributed by atoms with E-state index in [9.17, 15) is 9.18 Å². The summed E-state index contributed by atoms with van der Waals surface area (Å²) in [5.74, 6) is -1.58.